The normalized spacial score (nSPS) is 20.8. The van der Waals surface area contributed by atoms with E-state index in [-0.39, 0.29) is 11.6 Å². The molecule has 4 nitrogen and oxygen atoms in total. The molecule has 0 bridgehead atoms. The van der Waals surface area contributed by atoms with Gasteiger partial charge in [-0.3, -0.25) is 9.59 Å². The molecule has 1 amide bonds. The Kier molecular flexibility index (Phi) is 3.78. The third kappa shape index (κ3) is 3.49. The molecule has 1 fully saturated rings. The van der Waals surface area contributed by atoms with E-state index in [4.69, 9.17) is 4.74 Å². The maximum atomic E-state index is 12.9. The van der Waals surface area contributed by atoms with Gasteiger partial charge >= 0.3 is 5.97 Å². The highest BCUT2D eigenvalue weighted by atomic mass is 19.2. The molecule has 0 saturated heterocycles. The first-order valence-electron chi connectivity index (χ1n) is 5.89. The summed E-state index contributed by atoms with van der Waals surface area (Å²) in [6, 6.07) is 2.99. The summed E-state index contributed by atoms with van der Waals surface area (Å²) in [6.45, 7) is 1.49. The number of halogens is 2. The summed E-state index contributed by atoms with van der Waals surface area (Å²) in [7, 11) is 0. The van der Waals surface area contributed by atoms with E-state index in [9.17, 15) is 18.4 Å². The van der Waals surface area contributed by atoms with E-state index in [1.807, 2.05) is 6.92 Å². The Bertz CT molecular complexity index is 519. The highest BCUT2D eigenvalue weighted by molar-refractivity contribution is 5.93. The minimum absolute atomic E-state index is 0.111. The lowest BCUT2D eigenvalue weighted by atomic mass is 10.3. The average Bonchev–Trinajstić information content (AvgIpc) is 3.08. The number of rotatable bonds is 4. The number of hydrogen-bond donors (Lipinski definition) is 1. The lowest BCUT2D eigenvalue weighted by Crippen LogP contribution is -2.21. The van der Waals surface area contributed by atoms with Crippen LogP contribution in [0.5, 0.6) is 0 Å². The zero-order valence-electron chi connectivity index (χ0n) is 10.3. The molecule has 1 saturated carbocycles. The van der Waals surface area contributed by atoms with Crippen LogP contribution < -0.4 is 5.32 Å². The van der Waals surface area contributed by atoms with Crippen LogP contribution in [-0.2, 0) is 14.3 Å². The molecular weight excluding hydrogens is 256 g/mol. The monoisotopic (exact) mass is 269 g/mol. The topological polar surface area (TPSA) is 55.4 Å². The van der Waals surface area contributed by atoms with E-state index in [2.05, 4.69) is 5.32 Å². The highest BCUT2D eigenvalue weighted by Gasteiger charge is 2.40. The van der Waals surface area contributed by atoms with Gasteiger partial charge in [-0.25, -0.2) is 8.78 Å². The molecule has 1 aromatic rings. The lowest BCUT2D eigenvalue weighted by molar-refractivity contribution is -0.148. The average molecular weight is 269 g/mol. The lowest BCUT2D eigenvalue weighted by Gasteiger charge is -2.06. The number of carbonyl (C=O) groups is 2. The predicted octanol–water partition coefficient (Wildman–Crippen LogP) is 2.10. The van der Waals surface area contributed by atoms with E-state index >= 15 is 0 Å². The van der Waals surface area contributed by atoms with Gasteiger partial charge in [-0.05, 0) is 24.5 Å². The van der Waals surface area contributed by atoms with Gasteiger partial charge in [-0.1, -0.05) is 6.92 Å². The molecule has 0 heterocycles. The minimum Gasteiger partial charge on any atom is -0.455 e. The van der Waals surface area contributed by atoms with Crippen molar-refractivity contribution in [2.24, 2.45) is 11.8 Å². The summed E-state index contributed by atoms with van der Waals surface area (Å²) >= 11 is 0. The van der Waals surface area contributed by atoms with Gasteiger partial charge in [-0.2, -0.15) is 0 Å². The molecule has 0 spiro atoms. The van der Waals surface area contributed by atoms with Crippen LogP contribution in [0.3, 0.4) is 0 Å². The summed E-state index contributed by atoms with van der Waals surface area (Å²) in [5.74, 6) is -2.84. The first-order valence-corrected chi connectivity index (χ1v) is 5.89. The molecule has 1 aliphatic carbocycles. The fraction of sp³-hybridized carbons (Fsp3) is 0.385. The largest absolute Gasteiger partial charge is 0.455 e. The van der Waals surface area contributed by atoms with Gasteiger partial charge in [0.2, 0.25) is 0 Å². The molecule has 6 heteroatoms. The zero-order valence-corrected chi connectivity index (χ0v) is 10.3. The molecule has 1 aliphatic rings. The van der Waals surface area contributed by atoms with Crippen molar-refractivity contribution in [2.45, 2.75) is 13.3 Å². The summed E-state index contributed by atoms with van der Waals surface area (Å²) < 4.78 is 30.4. The molecule has 0 aliphatic heterocycles. The number of benzene rings is 1. The molecule has 0 unspecified atom stereocenters. The van der Waals surface area contributed by atoms with E-state index in [0.717, 1.165) is 18.6 Å². The Labute approximate surface area is 108 Å². The number of carbonyl (C=O) groups excluding carboxylic acids is 2. The number of hydrogen-bond acceptors (Lipinski definition) is 3. The van der Waals surface area contributed by atoms with Crippen molar-refractivity contribution in [3.8, 4) is 0 Å². The van der Waals surface area contributed by atoms with Crippen molar-refractivity contribution < 1.29 is 23.1 Å². The Morgan fingerprint density at radius 2 is 2.05 bits per heavy atom. The van der Waals surface area contributed by atoms with E-state index < -0.39 is 30.1 Å². The summed E-state index contributed by atoms with van der Waals surface area (Å²) in [4.78, 5) is 22.8. The standard InChI is InChI=1S/C13H13F2NO3/c1-7-4-9(7)13(18)19-6-12(17)16-8-2-3-10(14)11(15)5-8/h2-3,5,7,9H,4,6H2,1H3,(H,16,17)/t7-,9-/m1/s1. The van der Waals surface area contributed by atoms with Gasteiger partial charge < -0.3 is 10.1 Å². The Morgan fingerprint density at radius 3 is 2.63 bits per heavy atom. The number of nitrogens with one attached hydrogen (secondary N) is 1. The van der Waals surface area contributed by atoms with Crippen LogP contribution in [0.1, 0.15) is 13.3 Å². The van der Waals surface area contributed by atoms with Crippen LogP contribution >= 0.6 is 0 Å². The second kappa shape index (κ2) is 5.34. The maximum absolute atomic E-state index is 12.9. The predicted molar refractivity (Wildman–Crippen MR) is 63.2 cm³/mol. The minimum atomic E-state index is -1.05. The van der Waals surface area contributed by atoms with Crippen LogP contribution in [-0.4, -0.2) is 18.5 Å². The van der Waals surface area contributed by atoms with Crippen LogP contribution in [0.25, 0.3) is 0 Å². The van der Waals surface area contributed by atoms with Crippen molar-refractivity contribution >= 4 is 17.6 Å². The van der Waals surface area contributed by atoms with Gasteiger partial charge in [0, 0.05) is 11.8 Å². The molecule has 102 valence electrons. The summed E-state index contributed by atoms with van der Waals surface area (Å²) in [5, 5.41) is 2.31. The second-order valence-corrected chi connectivity index (χ2v) is 4.60. The molecule has 0 radical (unpaired) electrons. The first-order chi connectivity index (χ1) is 8.97. The van der Waals surface area contributed by atoms with Crippen LogP contribution in [0.4, 0.5) is 14.5 Å². The van der Waals surface area contributed by atoms with Crippen molar-refractivity contribution in [1.82, 2.24) is 0 Å². The fourth-order valence-corrected chi connectivity index (χ4v) is 1.67. The molecule has 2 atom stereocenters. The van der Waals surface area contributed by atoms with Crippen molar-refractivity contribution in [2.75, 3.05) is 11.9 Å². The second-order valence-electron chi connectivity index (χ2n) is 4.60. The number of esters is 1. The summed E-state index contributed by atoms with van der Waals surface area (Å²) in [6.07, 6.45) is 0.781. The van der Waals surface area contributed by atoms with Crippen molar-refractivity contribution in [3.63, 3.8) is 0 Å². The Hall–Kier alpha value is -1.98. The fourth-order valence-electron chi connectivity index (χ4n) is 1.67. The van der Waals surface area contributed by atoms with Gasteiger partial charge in [0.15, 0.2) is 18.2 Å². The third-order valence-corrected chi connectivity index (χ3v) is 2.96. The molecule has 2 rings (SSSR count). The molecular formula is C13H13F2NO3. The zero-order chi connectivity index (χ0) is 14.0. The van der Waals surface area contributed by atoms with Gasteiger partial charge in [0.05, 0.1) is 5.92 Å². The number of amides is 1. The molecule has 0 aromatic heterocycles. The highest BCUT2D eigenvalue weighted by Crippen LogP contribution is 2.38. The van der Waals surface area contributed by atoms with Crippen LogP contribution in [0, 0.1) is 23.5 Å². The molecule has 1 aromatic carbocycles. The first kappa shape index (κ1) is 13.5. The van der Waals surface area contributed by atoms with Gasteiger partial charge in [0.1, 0.15) is 0 Å². The van der Waals surface area contributed by atoms with E-state index in [1.54, 1.807) is 0 Å². The maximum Gasteiger partial charge on any atom is 0.309 e. The Morgan fingerprint density at radius 1 is 1.37 bits per heavy atom. The van der Waals surface area contributed by atoms with Gasteiger partial charge in [-0.15, -0.1) is 0 Å². The Balaban J connectivity index is 1.80. The summed E-state index contributed by atoms with van der Waals surface area (Å²) in [5.41, 5.74) is 0.111. The number of anilines is 1. The van der Waals surface area contributed by atoms with Crippen LogP contribution in [0.2, 0.25) is 0 Å². The molecule has 1 N–H and O–H groups in total. The van der Waals surface area contributed by atoms with Gasteiger partial charge in [0.25, 0.3) is 5.91 Å². The molecule has 19 heavy (non-hydrogen) atoms. The number of ether oxygens (including phenoxy) is 1. The quantitative estimate of drug-likeness (QED) is 0.852. The van der Waals surface area contributed by atoms with Crippen molar-refractivity contribution in [3.05, 3.63) is 29.8 Å². The smallest absolute Gasteiger partial charge is 0.309 e. The van der Waals surface area contributed by atoms with E-state index in [0.29, 0.717) is 5.92 Å². The SMILES string of the molecule is C[C@@H]1C[C@H]1C(=O)OCC(=O)Nc1ccc(F)c(F)c1. The van der Waals surface area contributed by atoms with E-state index in [1.165, 1.54) is 6.07 Å². The van der Waals surface area contributed by atoms with Crippen molar-refractivity contribution in [1.29, 1.82) is 0 Å². The third-order valence-electron chi connectivity index (χ3n) is 2.96. The van der Waals surface area contributed by atoms with Crippen LogP contribution in [0.15, 0.2) is 18.2 Å².